The Labute approximate surface area is 312 Å². The van der Waals surface area contributed by atoms with Crippen molar-refractivity contribution >= 4 is 64.9 Å². The van der Waals surface area contributed by atoms with Crippen LogP contribution in [0.25, 0.3) is 110 Å². The van der Waals surface area contributed by atoms with Crippen LogP contribution >= 0.6 is 0 Å². The Balaban J connectivity index is 1.13. The van der Waals surface area contributed by atoms with Gasteiger partial charge in [0, 0.05) is 32.7 Å². The molecule has 0 saturated carbocycles. The summed E-state index contributed by atoms with van der Waals surface area (Å²) in [5.41, 5.74) is 10.8. The Bertz CT molecular complexity index is 3270. The highest BCUT2D eigenvalue weighted by Gasteiger charge is 2.17. The number of nitrogens with zero attached hydrogens (tertiary/aromatic N) is 2. The Morgan fingerprint density at radius 2 is 0.778 bits per heavy atom. The first kappa shape index (κ1) is 30.5. The Morgan fingerprint density at radius 3 is 1.46 bits per heavy atom. The molecule has 2 aromatic heterocycles. The van der Waals surface area contributed by atoms with E-state index in [1.54, 1.807) is 0 Å². The summed E-state index contributed by atoms with van der Waals surface area (Å²) in [6, 6.07) is 69.9. The summed E-state index contributed by atoms with van der Waals surface area (Å²) < 4.78 is 0. The number of hydrogen-bond donors (Lipinski definition) is 0. The average molecular weight is 685 g/mol. The lowest BCUT2D eigenvalue weighted by atomic mass is 9.90. The van der Waals surface area contributed by atoms with Gasteiger partial charge in [-0.15, -0.1) is 0 Å². The molecule has 0 atom stereocenters. The largest absolute Gasteiger partial charge is 0.247 e. The fourth-order valence-electron chi connectivity index (χ4n) is 8.32. The van der Waals surface area contributed by atoms with Gasteiger partial charge >= 0.3 is 0 Å². The van der Waals surface area contributed by atoms with E-state index in [0.717, 1.165) is 49.7 Å². The minimum absolute atomic E-state index is 0.942. The number of benzene rings is 9. The molecule has 2 heterocycles. The standard InChI is InChI=1S/C52H32N2/c1-3-13-37-29-39(27-21-33(37)11-1)46-31-48-47(40-28-22-34-12-2-4-14-38(34)30-40)32-50(54-52(48)45-19-8-6-16-42(45)46)35-23-25-36(26-24-35)51-44-18-7-5-15-41(44)43-17-9-10-20-49(43)53-51/h1-32H. The molecule has 0 bridgehead atoms. The van der Waals surface area contributed by atoms with Gasteiger partial charge in [-0.3, -0.25) is 0 Å². The molecular formula is C52H32N2. The van der Waals surface area contributed by atoms with Crippen LogP contribution in [0.15, 0.2) is 194 Å². The van der Waals surface area contributed by atoms with Gasteiger partial charge in [-0.1, -0.05) is 164 Å². The normalized spacial score (nSPS) is 11.7. The minimum Gasteiger partial charge on any atom is -0.247 e. The van der Waals surface area contributed by atoms with E-state index < -0.39 is 0 Å². The predicted octanol–water partition coefficient (Wildman–Crippen LogP) is 14.1. The minimum atomic E-state index is 0.942. The maximum absolute atomic E-state index is 5.48. The van der Waals surface area contributed by atoms with Gasteiger partial charge in [0.15, 0.2) is 0 Å². The number of para-hydroxylation sites is 1. The van der Waals surface area contributed by atoms with Gasteiger partial charge < -0.3 is 0 Å². The second kappa shape index (κ2) is 12.2. The molecule has 0 saturated heterocycles. The van der Waals surface area contributed by atoms with Crippen LogP contribution in [0.1, 0.15) is 0 Å². The van der Waals surface area contributed by atoms with Crippen LogP contribution in [-0.2, 0) is 0 Å². The van der Waals surface area contributed by atoms with Crippen molar-refractivity contribution in [2.24, 2.45) is 0 Å². The van der Waals surface area contributed by atoms with E-state index >= 15 is 0 Å². The van der Waals surface area contributed by atoms with Crippen LogP contribution in [0.2, 0.25) is 0 Å². The van der Waals surface area contributed by atoms with Gasteiger partial charge in [-0.2, -0.15) is 0 Å². The fourth-order valence-corrected chi connectivity index (χ4v) is 8.32. The van der Waals surface area contributed by atoms with E-state index in [9.17, 15) is 0 Å². The summed E-state index contributed by atoms with van der Waals surface area (Å²) in [6.07, 6.45) is 0. The van der Waals surface area contributed by atoms with E-state index in [4.69, 9.17) is 9.97 Å². The van der Waals surface area contributed by atoms with Gasteiger partial charge in [0.2, 0.25) is 0 Å². The van der Waals surface area contributed by atoms with Gasteiger partial charge in [0.1, 0.15) is 0 Å². The third kappa shape index (κ3) is 4.96. The van der Waals surface area contributed by atoms with Crippen molar-refractivity contribution in [3.63, 3.8) is 0 Å². The van der Waals surface area contributed by atoms with Crippen molar-refractivity contribution in [1.82, 2.24) is 9.97 Å². The molecule has 2 heteroatoms. The quantitative estimate of drug-likeness (QED) is 0.172. The fraction of sp³-hybridized carbons (Fsp3) is 0. The molecule has 0 radical (unpaired) electrons. The maximum Gasteiger partial charge on any atom is 0.0794 e. The van der Waals surface area contributed by atoms with Gasteiger partial charge in [0.05, 0.1) is 22.4 Å². The molecule has 0 fully saturated rings. The van der Waals surface area contributed by atoms with Gasteiger partial charge in [-0.25, -0.2) is 9.97 Å². The van der Waals surface area contributed by atoms with Crippen LogP contribution in [0.5, 0.6) is 0 Å². The molecule has 9 aromatic carbocycles. The zero-order valence-electron chi connectivity index (χ0n) is 29.4. The van der Waals surface area contributed by atoms with Crippen molar-refractivity contribution < 1.29 is 0 Å². The van der Waals surface area contributed by atoms with Crippen LogP contribution in [-0.4, -0.2) is 9.97 Å². The van der Waals surface area contributed by atoms with Gasteiger partial charge in [0.25, 0.3) is 0 Å². The van der Waals surface area contributed by atoms with E-state index in [-0.39, 0.29) is 0 Å². The smallest absolute Gasteiger partial charge is 0.0794 e. The Hall–Kier alpha value is -7.16. The zero-order chi connectivity index (χ0) is 35.6. The summed E-state index contributed by atoms with van der Waals surface area (Å²) in [5.74, 6) is 0. The van der Waals surface area contributed by atoms with Crippen molar-refractivity contribution in [1.29, 1.82) is 0 Å². The van der Waals surface area contributed by atoms with E-state index in [2.05, 4.69) is 194 Å². The molecule has 0 unspecified atom stereocenters. The van der Waals surface area contributed by atoms with Gasteiger partial charge in [-0.05, 0) is 84.9 Å². The first-order valence-electron chi connectivity index (χ1n) is 18.5. The Kier molecular flexibility index (Phi) is 6.90. The highest BCUT2D eigenvalue weighted by molar-refractivity contribution is 6.17. The summed E-state index contributed by atoms with van der Waals surface area (Å²) >= 11 is 0. The monoisotopic (exact) mass is 684 g/mol. The number of fused-ring (bicyclic) bond motifs is 8. The number of pyridine rings is 2. The number of rotatable bonds is 4. The summed E-state index contributed by atoms with van der Waals surface area (Å²) in [5, 5.41) is 11.9. The molecule has 11 rings (SSSR count). The first-order chi connectivity index (χ1) is 26.7. The molecular weight excluding hydrogens is 653 g/mol. The topological polar surface area (TPSA) is 25.8 Å². The Morgan fingerprint density at radius 1 is 0.278 bits per heavy atom. The molecule has 11 aromatic rings. The molecule has 0 aliphatic rings. The van der Waals surface area contributed by atoms with Crippen LogP contribution in [0.4, 0.5) is 0 Å². The van der Waals surface area contributed by atoms with E-state index in [0.29, 0.717) is 0 Å². The van der Waals surface area contributed by atoms with E-state index in [1.165, 1.54) is 60.0 Å². The summed E-state index contributed by atoms with van der Waals surface area (Å²) in [6.45, 7) is 0. The SMILES string of the molecule is c1ccc2cc(-c3cc4c(-c5ccc6ccccc6c5)cc(-c5ccc(-c6nc7ccccc7c7ccccc67)cc5)nc4c4ccccc34)ccc2c1. The lowest BCUT2D eigenvalue weighted by Crippen LogP contribution is -1.94. The second-order valence-electron chi connectivity index (χ2n) is 14.1. The van der Waals surface area contributed by atoms with Crippen molar-refractivity contribution in [3.05, 3.63) is 194 Å². The molecule has 250 valence electrons. The zero-order valence-corrected chi connectivity index (χ0v) is 29.4. The molecule has 2 nitrogen and oxygen atoms in total. The highest BCUT2D eigenvalue weighted by Crippen LogP contribution is 2.42. The van der Waals surface area contributed by atoms with E-state index in [1.807, 2.05) is 0 Å². The predicted molar refractivity (Wildman–Crippen MR) is 229 cm³/mol. The second-order valence-corrected chi connectivity index (χ2v) is 14.1. The summed E-state index contributed by atoms with van der Waals surface area (Å²) in [7, 11) is 0. The van der Waals surface area contributed by atoms with Crippen LogP contribution in [0, 0.1) is 0 Å². The molecule has 0 N–H and O–H groups in total. The van der Waals surface area contributed by atoms with Crippen molar-refractivity contribution in [2.45, 2.75) is 0 Å². The number of aromatic nitrogens is 2. The lowest BCUT2D eigenvalue weighted by Gasteiger charge is -2.16. The van der Waals surface area contributed by atoms with Crippen molar-refractivity contribution in [2.75, 3.05) is 0 Å². The first-order valence-corrected chi connectivity index (χ1v) is 18.5. The van der Waals surface area contributed by atoms with Crippen LogP contribution in [0.3, 0.4) is 0 Å². The van der Waals surface area contributed by atoms with Crippen LogP contribution < -0.4 is 0 Å². The summed E-state index contributed by atoms with van der Waals surface area (Å²) in [4.78, 5) is 10.6. The molecule has 0 spiro atoms. The third-order valence-electron chi connectivity index (χ3n) is 11.0. The molecule has 0 amide bonds. The third-order valence-corrected chi connectivity index (χ3v) is 11.0. The highest BCUT2D eigenvalue weighted by atomic mass is 14.7. The molecule has 0 aliphatic carbocycles. The number of hydrogen-bond acceptors (Lipinski definition) is 2. The maximum atomic E-state index is 5.48. The lowest BCUT2D eigenvalue weighted by molar-refractivity contribution is 1.40. The molecule has 54 heavy (non-hydrogen) atoms. The van der Waals surface area contributed by atoms with Crippen molar-refractivity contribution in [3.8, 4) is 44.8 Å². The average Bonchev–Trinajstić information content (AvgIpc) is 3.25. The molecule has 0 aliphatic heterocycles.